The third-order valence-corrected chi connectivity index (χ3v) is 2.87. The molecule has 20 heavy (non-hydrogen) atoms. The molecule has 1 heterocycles. The van der Waals surface area contributed by atoms with Gasteiger partial charge in [0.1, 0.15) is 11.5 Å². The van der Waals surface area contributed by atoms with Crippen LogP contribution in [0, 0.1) is 0 Å². The Balaban J connectivity index is 1.86. The van der Waals surface area contributed by atoms with E-state index in [2.05, 4.69) is 0 Å². The Morgan fingerprint density at radius 1 is 1.10 bits per heavy atom. The molecule has 2 aromatic rings. The van der Waals surface area contributed by atoms with E-state index in [9.17, 15) is 4.79 Å². The lowest BCUT2D eigenvalue weighted by Crippen LogP contribution is -2.11. The lowest BCUT2D eigenvalue weighted by atomic mass is 10.2. The fourth-order valence-electron chi connectivity index (χ4n) is 1.86. The predicted octanol–water partition coefficient (Wildman–Crippen LogP) is 1.89. The molecule has 6 nitrogen and oxygen atoms in total. The number of nitrogen functional groups attached to an aromatic ring is 1. The minimum atomic E-state index is -0.536. The quantitative estimate of drug-likeness (QED) is 0.831. The van der Waals surface area contributed by atoms with Crippen LogP contribution in [-0.2, 0) is 0 Å². The van der Waals surface area contributed by atoms with Crippen LogP contribution >= 0.6 is 0 Å². The topological polar surface area (TPSA) is 96.8 Å². The second-order valence-corrected chi connectivity index (χ2v) is 4.23. The summed E-state index contributed by atoms with van der Waals surface area (Å²) in [4.78, 5) is 11.0. The van der Waals surface area contributed by atoms with Gasteiger partial charge in [0.15, 0.2) is 11.5 Å². The zero-order chi connectivity index (χ0) is 14.1. The molecule has 0 saturated carbocycles. The van der Waals surface area contributed by atoms with Crippen LogP contribution in [0.4, 0.5) is 5.69 Å². The average molecular weight is 272 g/mol. The summed E-state index contributed by atoms with van der Waals surface area (Å²) >= 11 is 0. The van der Waals surface area contributed by atoms with Gasteiger partial charge in [0.05, 0.1) is 5.69 Å². The molecule has 0 atom stereocenters. The standard InChI is InChI=1S/C14H12N2O4/c15-10-5-8(14(16)17)1-3-11(10)20-9-2-4-12-13(6-9)19-7-18-12/h1-6H,7,15H2,(H2,16,17). The maximum absolute atomic E-state index is 11.0. The third-order valence-electron chi connectivity index (χ3n) is 2.87. The van der Waals surface area contributed by atoms with Crippen LogP contribution in [-0.4, -0.2) is 12.7 Å². The molecule has 2 aromatic carbocycles. The number of carbonyl (C=O) groups excluding carboxylic acids is 1. The van der Waals surface area contributed by atoms with E-state index in [1.807, 2.05) is 0 Å². The number of primary amides is 1. The summed E-state index contributed by atoms with van der Waals surface area (Å²) in [5.74, 6) is 1.76. The van der Waals surface area contributed by atoms with E-state index in [0.717, 1.165) is 0 Å². The normalized spacial score (nSPS) is 12.2. The molecule has 0 aromatic heterocycles. The first-order chi connectivity index (χ1) is 9.63. The molecule has 0 spiro atoms. The minimum absolute atomic E-state index is 0.203. The molecule has 4 N–H and O–H groups in total. The maximum atomic E-state index is 11.0. The summed E-state index contributed by atoms with van der Waals surface area (Å²) in [6, 6.07) is 9.84. The van der Waals surface area contributed by atoms with Gasteiger partial charge in [-0.1, -0.05) is 0 Å². The van der Waals surface area contributed by atoms with Crippen molar-refractivity contribution in [2.45, 2.75) is 0 Å². The van der Waals surface area contributed by atoms with Crippen LogP contribution in [0.25, 0.3) is 0 Å². The summed E-state index contributed by atoms with van der Waals surface area (Å²) in [5.41, 5.74) is 11.7. The minimum Gasteiger partial charge on any atom is -0.455 e. The van der Waals surface area contributed by atoms with Gasteiger partial charge in [-0.05, 0) is 30.3 Å². The van der Waals surface area contributed by atoms with Crippen molar-refractivity contribution in [1.29, 1.82) is 0 Å². The largest absolute Gasteiger partial charge is 0.455 e. The first kappa shape index (κ1) is 12.2. The van der Waals surface area contributed by atoms with Crippen molar-refractivity contribution in [3.8, 4) is 23.0 Å². The van der Waals surface area contributed by atoms with E-state index in [4.69, 9.17) is 25.7 Å². The van der Waals surface area contributed by atoms with E-state index in [0.29, 0.717) is 34.2 Å². The lowest BCUT2D eigenvalue weighted by Gasteiger charge is -2.09. The van der Waals surface area contributed by atoms with Crippen LogP contribution in [0.3, 0.4) is 0 Å². The van der Waals surface area contributed by atoms with Crippen molar-refractivity contribution < 1.29 is 19.0 Å². The highest BCUT2D eigenvalue weighted by atomic mass is 16.7. The number of benzene rings is 2. The van der Waals surface area contributed by atoms with E-state index in [1.165, 1.54) is 6.07 Å². The lowest BCUT2D eigenvalue weighted by molar-refractivity contribution is 0.100. The fraction of sp³-hybridized carbons (Fsp3) is 0.0714. The van der Waals surface area contributed by atoms with Gasteiger partial charge in [-0.3, -0.25) is 4.79 Å². The van der Waals surface area contributed by atoms with Crippen molar-refractivity contribution in [3.05, 3.63) is 42.0 Å². The van der Waals surface area contributed by atoms with E-state index >= 15 is 0 Å². The monoisotopic (exact) mass is 272 g/mol. The molecule has 0 aliphatic carbocycles. The molecule has 0 unspecified atom stereocenters. The second-order valence-electron chi connectivity index (χ2n) is 4.23. The van der Waals surface area contributed by atoms with Crippen molar-refractivity contribution in [1.82, 2.24) is 0 Å². The molecule has 102 valence electrons. The highest BCUT2D eigenvalue weighted by Gasteiger charge is 2.14. The van der Waals surface area contributed by atoms with E-state index in [-0.39, 0.29) is 6.79 Å². The number of nitrogens with two attached hydrogens (primary N) is 2. The summed E-state index contributed by atoms with van der Waals surface area (Å²) in [5, 5.41) is 0. The Labute approximate surface area is 114 Å². The molecular weight excluding hydrogens is 260 g/mol. The molecule has 1 aliphatic rings. The Kier molecular flexibility index (Phi) is 2.83. The maximum Gasteiger partial charge on any atom is 0.248 e. The number of hydrogen-bond donors (Lipinski definition) is 2. The van der Waals surface area contributed by atoms with Crippen LogP contribution in [0.2, 0.25) is 0 Å². The molecule has 0 saturated heterocycles. The summed E-state index contributed by atoms with van der Waals surface area (Å²) in [6.07, 6.45) is 0. The zero-order valence-electron chi connectivity index (χ0n) is 10.5. The average Bonchev–Trinajstić information content (AvgIpc) is 2.88. The van der Waals surface area contributed by atoms with Crippen molar-refractivity contribution >= 4 is 11.6 Å². The van der Waals surface area contributed by atoms with Crippen LogP contribution in [0.15, 0.2) is 36.4 Å². The number of fused-ring (bicyclic) bond motifs is 1. The highest BCUT2D eigenvalue weighted by molar-refractivity contribution is 5.94. The van der Waals surface area contributed by atoms with Gasteiger partial charge in [0, 0.05) is 11.6 Å². The van der Waals surface area contributed by atoms with Gasteiger partial charge in [-0.25, -0.2) is 0 Å². The zero-order valence-corrected chi connectivity index (χ0v) is 10.5. The fourth-order valence-corrected chi connectivity index (χ4v) is 1.86. The number of anilines is 1. The number of rotatable bonds is 3. The smallest absolute Gasteiger partial charge is 0.248 e. The van der Waals surface area contributed by atoms with Crippen molar-refractivity contribution in [3.63, 3.8) is 0 Å². The van der Waals surface area contributed by atoms with Gasteiger partial charge >= 0.3 is 0 Å². The van der Waals surface area contributed by atoms with E-state index in [1.54, 1.807) is 30.3 Å². The number of amides is 1. The molecular formula is C14H12N2O4. The number of ether oxygens (including phenoxy) is 3. The molecule has 0 radical (unpaired) electrons. The first-order valence-corrected chi connectivity index (χ1v) is 5.90. The molecule has 1 aliphatic heterocycles. The van der Waals surface area contributed by atoms with Crippen LogP contribution in [0.5, 0.6) is 23.0 Å². The first-order valence-electron chi connectivity index (χ1n) is 5.90. The molecule has 6 heteroatoms. The van der Waals surface area contributed by atoms with Gasteiger partial charge in [0.2, 0.25) is 12.7 Å². The van der Waals surface area contributed by atoms with E-state index < -0.39 is 5.91 Å². The molecule has 1 amide bonds. The second kappa shape index (κ2) is 4.65. The van der Waals surface area contributed by atoms with Gasteiger partial charge < -0.3 is 25.7 Å². The summed E-state index contributed by atoms with van der Waals surface area (Å²) in [7, 11) is 0. The van der Waals surface area contributed by atoms with Gasteiger partial charge in [0.25, 0.3) is 0 Å². The molecule has 3 rings (SSSR count). The summed E-state index contributed by atoms with van der Waals surface area (Å²) in [6.45, 7) is 0.203. The Hall–Kier alpha value is -2.89. The molecule has 0 bridgehead atoms. The third kappa shape index (κ3) is 2.18. The number of carbonyl (C=O) groups is 1. The molecule has 0 fully saturated rings. The van der Waals surface area contributed by atoms with Crippen LogP contribution in [0.1, 0.15) is 10.4 Å². The highest BCUT2D eigenvalue weighted by Crippen LogP contribution is 2.37. The Bertz CT molecular complexity index is 685. The van der Waals surface area contributed by atoms with Crippen LogP contribution < -0.4 is 25.7 Å². The van der Waals surface area contributed by atoms with Crippen molar-refractivity contribution in [2.24, 2.45) is 5.73 Å². The predicted molar refractivity (Wildman–Crippen MR) is 72.0 cm³/mol. The number of hydrogen-bond acceptors (Lipinski definition) is 5. The Morgan fingerprint density at radius 3 is 2.65 bits per heavy atom. The summed E-state index contributed by atoms with van der Waals surface area (Å²) < 4.78 is 16.1. The van der Waals surface area contributed by atoms with Gasteiger partial charge in [-0.2, -0.15) is 0 Å². The van der Waals surface area contributed by atoms with Crippen molar-refractivity contribution in [2.75, 3.05) is 12.5 Å². The Morgan fingerprint density at radius 2 is 1.90 bits per heavy atom. The van der Waals surface area contributed by atoms with Gasteiger partial charge in [-0.15, -0.1) is 0 Å². The SMILES string of the molecule is NC(=O)c1ccc(Oc2ccc3c(c2)OCO3)c(N)c1.